The van der Waals surface area contributed by atoms with Crippen molar-refractivity contribution in [3.8, 4) is 0 Å². The van der Waals surface area contributed by atoms with Crippen LogP contribution in [0.5, 0.6) is 0 Å². The number of nitrogens with one attached hydrogen (secondary N) is 3. The molecule has 4 aliphatic rings. The second-order valence-corrected chi connectivity index (χ2v) is 14.8. The van der Waals surface area contributed by atoms with Crippen LogP contribution in [0.1, 0.15) is 62.5 Å². The summed E-state index contributed by atoms with van der Waals surface area (Å²) >= 11 is 1.85. The highest BCUT2D eigenvalue weighted by molar-refractivity contribution is 8.00. The van der Waals surface area contributed by atoms with Gasteiger partial charge in [-0.2, -0.15) is 24.9 Å². The highest BCUT2D eigenvalue weighted by Gasteiger charge is 2.65. The minimum absolute atomic E-state index is 0.0137. The van der Waals surface area contributed by atoms with E-state index in [1.807, 2.05) is 11.8 Å². The van der Waals surface area contributed by atoms with Crippen molar-refractivity contribution in [2.24, 2.45) is 10.2 Å². The molecule has 2 unspecified atom stereocenters. The molecule has 0 spiro atoms. The molecule has 0 saturated carbocycles. The number of fused-ring (bicyclic) bond motifs is 1. The van der Waals surface area contributed by atoms with Crippen LogP contribution in [0.15, 0.2) is 34.5 Å². The Balaban J connectivity index is 1.03. The molecule has 19 heteroatoms. The Kier molecular flexibility index (Phi) is 13.8. The van der Waals surface area contributed by atoms with Crippen molar-refractivity contribution < 1.29 is 57.5 Å². The molecule has 4 amide bonds. The molecule has 7 N–H and O–H groups in total. The Bertz CT molecular complexity index is 1400. The van der Waals surface area contributed by atoms with Crippen molar-refractivity contribution >= 4 is 29.6 Å². The van der Waals surface area contributed by atoms with Crippen molar-refractivity contribution in [2.75, 3.05) is 32.1 Å². The van der Waals surface area contributed by atoms with Gasteiger partial charge in [-0.1, -0.05) is 43.5 Å². The highest BCUT2D eigenvalue weighted by atomic mass is 32.2. The number of benzene rings is 1. The van der Waals surface area contributed by atoms with Gasteiger partial charge >= 0.3 is 17.9 Å². The van der Waals surface area contributed by atoms with Crippen molar-refractivity contribution in [1.29, 1.82) is 0 Å². The summed E-state index contributed by atoms with van der Waals surface area (Å²) in [5.74, 6) is 0.364. The van der Waals surface area contributed by atoms with Crippen molar-refractivity contribution in [3.05, 3.63) is 35.4 Å². The number of unbranched alkanes of at least 4 members (excludes halogenated alkanes) is 4. The summed E-state index contributed by atoms with van der Waals surface area (Å²) in [6.07, 6.45) is -6.52. The van der Waals surface area contributed by atoms with E-state index in [1.165, 1.54) is 29.2 Å². The van der Waals surface area contributed by atoms with Crippen LogP contribution in [0.3, 0.4) is 0 Å². The molecule has 0 bridgehead atoms. The van der Waals surface area contributed by atoms with Crippen molar-refractivity contribution in [3.63, 3.8) is 0 Å². The van der Waals surface area contributed by atoms with Gasteiger partial charge in [-0.3, -0.25) is 9.59 Å². The summed E-state index contributed by atoms with van der Waals surface area (Å²) in [6.45, 7) is -0.438. The Morgan fingerprint density at radius 3 is 2.44 bits per heavy atom. The van der Waals surface area contributed by atoms with Crippen LogP contribution in [0.4, 0.5) is 18.0 Å². The first-order valence-corrected chi connectivity index (χ1v) is 18.6. The molecule has 4 aliphatic heterocycles. The topological polar surface area (TPSA) is 215 Å². The van der Waals surface area contributed by atoms with E-state index in [0.717, 1.165) is 44.3 Å². The molecule has 1 aromatic rings. The number of halogens is 3. The van der Waals surface area contributed by atoms with Crippen LogP contribution in [0.25, 0.3) is 0 Å². The number of rotatable bonds is 19. The molecule has 52 heavy (non-hydrogen) atoms. The molecule has 5 rings (SSSR count). The largest absolute Gasteiger partial charge is 0.442 e. The standard InChI is InChI=1S/C33H47F3N6O9S/c34-33(35,36)32(40-41-32)20-11-9-19(10-12-20)15-42(25(45)17-50-30-29(48)28(47)27(46)22(16-43)51-30)14-6-2-1-5-13-37-24(44)8-4-3-7-23-26-21(18-52-23)38-31(49)39-26/h9-12,21-23,26-30,43,46-48H,1-8,13-18H2,(H,37,44)(H2,38,39,49)/t21?,22-,23+,26?,27-,28+,29+,30+/m1/s1. The summed E-state index contributed by atoms with van der Waals surface area (Å²) in [4.78, 5) is 38.6. The predicted molar refractivity (Wildman–Crippen MR) is 180 cm³/mol. The van der Waals surface area contributed by atoms with E-state index >= 15 is 0 Å². The van der Waals surface area contributed by atoms with E-state index in [1.54, 1.807) is 0 Å². The second kappa shape index (κ2) is 17.8. The number of thioether (sulfide) groups is 1. The quantitative estimate of drug-likeness (QED) is 0.0796. The van der Waals surface area contributed by atoms with Gasteiger partial charge in [0.05, 0.1) is 18.7 Å². The summed E-state index contributed by atoms with van der Waals surface area (Å²) in [6, 6.07) is 5.68. The number of hydrogen-bond acceptors (Lipinski definition) is 12. The van der Waals surface area contributed by atoms with E-state index < -0.39 is 61.7 Å². The number of alkyl halides is 3. The molecule has 15 nitrogen and oxygen atoms in total. The number of aliphatic hydroxyl groups is 4. The molecule has 0 aromatic heterocycles. The molecular formula is C33H47F3N6O9S. The number of aliphatic hydroxyl groups excluding tert-OH is 4. The molecule has 1 aromatic carbocycles. The van der Waals surface area contributed by atoms with Crippen LogP contribution in [-0.4, -0.2) is 129 Å². The summed E-state index contributed by atoms with van der Waals surface area (Å²) in [5.41, 5.74) is -2.16. The van der Waals surface area contributed by atoms with E-state index in [4.69, 9.17) is 9.47 Å². The number of amides is 4. The maximum Gasteiger partial charge on any atom is 0.442 e. The minimum Gasteiger partial charge on any atom is -0.394 e. The molecule has 290 valence electrons. The molecule has 0 radical (unpaired) electrons. The number of carbonyl (C=O) groups is 3. The van der Waals surface area contributed by atoms with Gasteiger partial charge in [-0.15, -0.1) is 10.2 Å². The molecule has 4 heterocycles. The molecule has 3 fully saturated rings. The van der Waals surface area contributed by atoms with Gasteiger partial charge in [0.15, 0.2) is 6.29 Å². The smallest absolute Gasteiger partial charge is 0.394 e. The zero-order valence-electron chi connectivity index (χ0n) is 28.5. The Labute approximate surface area is 303 Å². The number of carbonyl (C=O) groups excluding carboxylic acids is 3. The maximum atomic E-state index is 13.4. The van der Waals surface area contributed by atoms with Crippen molar-refractivity contribution in [1.82, 2.24) is 20.9 Å². The zero-order valence-corrected chi connectivity index (χ0v) is 29.4. The summed E-state index contributed by atoms with van der Waals surface area (Å²) in [7, 11) is 0. The molecule has 0 aliphatic carbocycles. The average molecular weight is 761 g/mol. The van der Waals surface area contributed by atoms with E-state index in [9.17, 15) is 48.0 Å². The van der Waals surface area contributed by atoms with Crippen LogP contribution in [-0.2, 0) is 31.3 Å². The Morgan fingerprint density at radius 1 is 1.02 bits per heavy atom. The fourth-order valence-corrected chi connectivity index (χ4v) is 8.16. The van der Waals surface area contributed by atoms with Gasteiger partial charge in [-0.05, 0) is 31.2 Å². The third-order valence-electron chi connectivity index (χ3n) is 9.76. The van der Waals surface area contributed by atoms with Crippen LogP contribution >= 0.6 is 11.8 Å². The Morgan fingerprint density at radius 2 is 1.75 bits per heavy atom. The fourth-order valence-electron chi connectivity index (χ4n) is 6.62. The summed E-state index contributed by atoms with van der Waals surface area (Å²) in [5, 5.41) is 55.4. The predicted octanol–water partition coefficient (Wildman–Crippen LogP) is 1.42. The van der Waals surface area contributed by atoms with Gasteiger partial charge in [0.1, 0.15) is 31.0 Å². The van der Waals surface area contributed by atoms with Gasteiger partial charge in [0.2, 0.25) is 11.8 Å². The molecule has 3 saturated heterocycles. The van der Waals surface area contributed by atoms with Crippen LogP contribution in [0, 0.1) is 0 Å². The first kappa shape index (κ1) is 40.1. The second-order valence-electron chi connectivity index (χ2n) is 13.5. The SMILES string of the molecule is O=C(CCCC[C@@H]1SCC2NC(=O)NC21)NCCCCCCN(Cc1ccc(C2(C(F)(F)F)N=N2)cc1)C(=O)CO[C@H]1O[C@H](CO)[C@@H](O)[C@H](O)[C@@H]1O. The van der Waals surface area contributed by atoms with Gasteiger partial charge < -0.3 is 50.8 Å². The lowest BCUT2D eigenvalue weighted by molar-refractivity contribution is -0.299. The lowest BCUT2D eigenvalue weighted by atomic mass is 9.99. The summed E-state index contributed by atoms with van der Waals surface area (Å²) < 4.78 is 51.1. The molecule has 8 atom stereocenters. The number of ether oxygens (including phenoxy) is 2. The third-order valence-corrected chi connectivity index (χ3v) is 11.3. The molecular weight excluding hydrogens is 713 g/mol. The van der Waals surface area contributed by atoms with Gasteiger partial charge in [0, 0.05) is 42.6 Å². The Hall–Kier alpha value is -3.07. The fraction of sp³-hybridized carbons (Fsp3) is 0.727. The highest BCUT2D eigenvalue weighted by Crippen LogP contribution is 2.52. The van der Waals surface area contributed by atoms with Crippen molar-refractivity contribution in [2.45, 2.75) is 118 Å². The van der Waals surface area contributed by atoms with Gasteiger partial charge in [-0.25, -0.2) is 4.79 Å². The average Bonchev–Trinajstić information content (AvgIpc) is 3.75. The monoisotopic (exact) mass is 760 g/mol. The lowest BCUT2D eigenvalue weighted by Crippen LogP contribution is -2.59. The zero-order chi connectivity index (χ0) is 37.5. The van der Waals surface area contributed by atoms with Crippen LogP contribution < -0.4 is 16.0 Å². The van der Waals surface area contributed by atoms with Gasteiger partial charge in [0.25, 0.3) is 0 Å². The van der Waals surface area contributed by atoms with E-state index in [0.29, 0.717) is 30.2 Å². The normalized spacial score (nSPS) is 28.9. The van der Waals surface area contributed by atoms with E-state index in [2.05, 4.69) is 26.2 Å². The number of nitrogens with zero attached hydrogens (tertiary/aromatic N) is 3. The minimum atomic E-state index is -4.67. The van der Waals surface area contributed by atoms with E-state index in [-0.39, 0.29) is 42.7 Å². The maximum absolute atomic E-state index is 13.4. The first-order chi connectivity index (χ1) is 24.8. The van der Waals surface area contributed by atoms with Crippen LogP contribution in [0.2, 0.25) is 0 Å². The lowest BCUT2D eigenvalue weighted by Gasteiger charge is -2.39. The third kappa shape index (κ3) is 9.91. The first-order valence-electron chi connectivity index (χ1n) is 17.6. The number of urea groups is 1. The number of hydrogen-bond donors (Lipinski definition) is 7.